The molecule has 0 aliphatic carbocycles. The van der Waals surface area contributed by atoms with Crippen molar-refractivity contribution in [2.45, 2.75) is 12.3 Å². The molecule has 0 spiro atoms. The Bertz CT molecular complexity index is 1070. The molecule has 1 aromatic carbocycles. The molecular weight excluding hydrogens is 414 g/mol. The van der Waals surface area contributed by atoms with Crippen molar-refractivity contribution in [3.8, 4) is 11.3 Å². The van der Waals surface area contributed by atoms with Gasteiger partial charge in [0.05, 0.1) is 30.3 Å². The summed E-state index contributed by atoms with van der Waals surface area (Å²) in [4.78, 5) is 15.8. The van der Waals surface area contributed by atoms with E-state index in [0.717, 1.165) is 43.2 Å². The van der Waals surface area contributed by atoms with Crippen LogP contribution in [0.3, 0.4) is 0 Å². The van der Waals surface area contributed by atoms with Crippen LogP contribution in [0.15, 0.2) is 42.7 Å². The van der Waals surface area contributed by atoms with Crippen LogP contribution >= 0.6 is 0 Å². The first-order valence-electron chi connectivity index (χ1n) is 11.0. The molecule has 0 amide bonds. The number of pyridine rings is 1. The zero-order valence-electron chi connectivity index (χ0n) is 17.7. The molecule has 5 rings (SSSR count). The van der Waals surface area contributed by atoms with Gasteiger partial charge in [-0.05, 0) is 18.2 Å². The average Bonchev–Trinajstić information content (AvgIpc) is 2.83. The Balaban J connectivity index is 1.41. The summed E-state index contributed by atoms with van der Waals surface area (Å²) in [6.45, 7) is 3.93. The van der Waals surface area contributed by atoms with Gasteiger partial charge in [0.1, 0.15) is 5.52 Å². The van der Waals surface area contributed by atoms with Crippen molar-refractivity contribution in [2.24, 2.45) is 5.92 Å². The van der Waals surface area contributed by atoms with E-state index >= 15 is 0 Å². The second-order valence-electron chi connectivity index (χ2n) is 8.22. The molecule has 9 heteroatoms. The van der Waals surface area contributed by atoms with Crippen LogP contribution in [0.25, 0.3) is 22.3 Å². The summed E-state index contributed by atoms with van der Waals surface area (Å²) in [5, 5.41) is 6.18. The number of hydrogen-bond acceptors (Lipinski definition) is 7. The molecule has 32 heavy (non-hydrogen) atoms. The van der Waals surface area contributed by atoms with Crippen LogP contribution in [0, 0.1) is 5.92 Å². The molecule has 2 fully saturated rings. The van der Waals surface area contributed by atoms with E-state index in [1.54, 1.807) is 12.4 Å². The third kappa shape index (κ3) is 4.35. The molecule has 7 nitrogen and oxygen atoms in total. The van der Waals surface area contributed by atoms with Crippen LogP contribution in [0.1, 0.15) is 6.42 Å². The molecule has 2 aliphatic rings. The van der Waals surface area contributed by atoms with Crippen molar-refractivity contribution in [2.75, 3.05) is 56.2 Å². The van der Waals surface area contributed by atoms with Gasteiger partial charge in [0.25, 0.3) is 5.92 Å². The smallest absolute Gasteiger partial charge is 0.255 e. The number of nitrogens with one attached hydrogen (secondary N) is 2. The summed E-state index contributed by atoms with van der Waals surface area (Å²) in [6.07, 6.45) is 3.06. The summed E-state index contributed by atoms with van der Waals surface area (Å²) in [5.41, 5.74) is 4.05. The maximum Gasteiger partial charge on any atom is 0.255 e. The van der Waals surface area contributed by atoms with Gasteiger partial charge in [0, 0.05) is 62.8 Å². The Hall–Kier alpha value is -2.91. The highest BCUT2D eigenvalue weighted by atomic mass is 19.3. The standard InChI is InChI=1S/C23H26F2N6O/c24-23(25)5-6-26-14-17(23)15-29-22-21-20(27-7-8-28-21)13-19(30-22)16-1-3-18(4-2-16)31-9-11-32-12-10-31/h1-4,7-8,13,17,26H,5-6,9-12,14-15H2,(H,29,30)/t17-/m0/s1. The van der Waals surface area contributed by atoms with Gasteiger partial charge < -0.3 is 20.3 Å². The summed E-state index contributed by atoms with van der Waals surface area (Å²) < 4.78 is 34.0. The van der Waals surface area contributed by atoms with E-state index in [4.69, 9.17) is 9.72 Å². The van der Waals surface area contributed by atoms with E-state index in [0.29, 0.717) is 23.4 Å². The molecule has 0 bridgehead atoms. The number of halogens is 2. The predicted molar refractivity (Wildman–Crippen MR) is 120 cm³/mol. The Morgan fingerprint density at radius 1 is 1.12 bits per heavy atom. The average molecular weight is 440 g/mol. The zero-order chi connectivity index (χ0) is 22.0. The number of hydrogen-bond donors (Lipinski definition) is 2. The zero-order valence-corrected chi connectivity index (χ0v) is 17.7. The first-order valence-corrected chi connectivity index (χ1v) is 11.0. The van der Waals surface area contributed by atoms with Crippen LogP contribution in [-0.4, -0.2) is 66.8 Å². The maximum atomic E-state index is 14.3. The molecule has 4 heterocycles. The second-order valence-corrected chi connectivity index (χ2v) is 8.22. The normalized spacial score (nSPS) is 20.9. The Kier molecular flexibility index (Phi) is 5.84. The molecule has 2 aliphatic heterocycles. The third-order valence-corrected chi connectivity index (χ3v) is 6.13. The van der Waals surface area contributed by atoms with Gasteiger partial charge in [-0.1, -0.05) is 12.1 Å². The lowest BCUT2D eigenvalue weighted by molar-refractivity contribution is -0.0728. The maximum absolute atomic E-state index is 14.3. The van der Waals surface area contributed by atoms with Crippen LogP contribution in [0.2, 0.25) is 0 Å². The van der Waals surface area contributed by atoms with Crippen LogP contribution in [-0.2, 0) is 4.74 Å². The number of aromatic nitrogens is 3. The number of benzene rings is 1. The minimum atomic E-state index is -2.70. The lowest BCUT2D eigenvalue weighted by atomic mass is 9.95. The lowest BCUT2D eigenvalue weighted by Gasteiger charge is -2.32. The van der Waals surface area contributed by atoms with Gasteiger partial charge in [0.2, 0.25) is 0 Å². The third-order valence-electron chi connectivity index (χ3n) is 6.13. The molecule has 3 aromatic rings. The Morgan fingerprint density at radius 3 is 2.69 bits per heavy atom. The van der Waals surface area contributed by atoms with Gasteiger partial charge in [-0.25, -0.2) is 18.7 Å². The Labute approximate surface area is 185 Å². The van der Waals surface area contributed by atoms with Crippen molar-refractivity contribution in [1.29, 1.82) is 0 Å². The predicted octanol–water partition coefficient (Wildman–Crippen LogP) is 3.19. The van der Waals surface area contributed by atoms with Crippen LogP contribution in [0.5, 0.6) is 0 Å². The fourth-order valence-corrected chi connectivity index (χ4v) is 4.23. The Morgan fingerprint density at radius 2 is 1.91 bits per heavy atom. The number of rotatable bonds is 5. The summed E-state index contributed by atoms with van der Waals surface area (Å²) in [7, 11) is 0. The molecule has 168 valence electrons. The lowest BCUT2D eigenvalue weighted by Crippen LogP contribution is -2.47. The second kappa shape index (κ2) is 8.91. The minimum Gasteiger partial charge on any atom is -0.378 e. The van der Waals surface area contributed by atoms with Gasteiger partial charge in [0.15, 0.2) is 5.82 Å². The molecule has 0 unspecified atom stereocenters. The largest absolute Gasteiger partial charge is 0.378 e. The SMILES string of the molecule is FC1(F)CCNC[C@H]1CNc1nc(-c2ccc(N3CCOCC3)cc2)cc2nccnc12. The molecule has 2 saturated heterocycles. The van der Waals surface area contributed by atoms with Gasteiger partial charge in [-0.2, -0.15) is 0 Å². The van der Waals surface area contributed by atoms with Crippen molar-refractivity contribution in [3.63, 3.8) is 0 Å². The van der Waals surface area contributed by atoms with E-state index in [-0.39, 0.29) is 19.5 Å². The quantitative estimate of drug-likeness (QED) is 0.631. The number of alkyl halides is 2. The van der Waals surface area contributed by atoms with Gasteiger partial charge >= 0.3 is 0 Å². The summed E-state index contributed by atoms with van der Waals surface area (Å²) in [5.74, 6) is -3.03. The van der Waals surface area contributed by atoms with Crippen LogP contribution < -0.4 is 15.5 Å². The monoisotopic (exact) mass is 440 g/mol. The summed E-state index contributed by atoms with van der Waals surface area (Å²) in [6, 6.07) is 10.1. The fourth-order valence-electron chi connectivity index (χ4n) is 4.23. The minimum absolute atomic E-state index is 0.109. The highest BCUT2D eigenvalue weighted by Crippen LogP contribution is 2.32. The van der Waals surface area contributed by atoms with Crippen LogP contribution in [0.4, 0.5) is 20.3 Å². The highest BCUT2D eigenvalue weighted by molar-refractivity contribution is 5.88. The first kappa shape index (κ1) is 21.0. The number of nitrogens with zero attached hydrogens (tertiary/aromatic N) is 4. The van der Waals surface area contributed by atoms with Crippen molar-refractivity contribution < 1.29 is 13.5 Å². The van der Waals surface area contributed by atoms with E-state index in [2.05, 4.69) is 37.6 Å². The fraction of sp³-hybridized carbons (Fsp3) is 0.435. The van der Waals surface area contributed by atoms with E-state index < -0.39 is 11.8 Å². The van der Waals surface area contributed by atoms with E-state index in [9.17, 15) is 8.78 Å². The number of morpholine rings is 1. The van der Waals surface area contributed by atoms with Crippen molar-refractivity contribution in [1.82, 2.24) is 20.3 Å². The molecular formula is C23H26F2N6O. The topological polar surface area (TPSA) is 75.2 Å². The van der Waals surface area contributed by atoms with Gasteiger partial charge in [-0.3, -0.25) is 4.98 Å². The van der Waals surface area contributed by atoms with E-state index in [1.165, 1.54) is 0 Å². The molecule has 0 radical (unpaired) electrons. The van der Waals surface area contributed by atoms with Crippen molar-refractivity contribution >= 4 is 22.5 Å². The molecule has 1 atom stereocenters. The first-order chi connectivity index (χ1) is 15.6. The molecule has 0 saturated carbocycles. The molecule has 2 aromatic heterocycles. The van der Waals surface area contributed by atoms with Crippen molar-refractivity contribution in [3.05, 3.63) is 42.7 Å². The summed E-state index contributed by atoms with van der Waals surface area (Å²) >= 11 is 0. The highest BCUT2D eigenvalue weighted by Gasteiger charge is 2.41. The van der Waals surface area contributed by atoms with E-state index in [1.807, 2.05) is 18.2 Å². The molecule has 2 N–H and O–H groups in total. The number of fused-ring (bicyclic) bond motifs is 1. The number of ether oxygens (including phenoxy) is 1. The van der Waals surface area contributed by atoms with Gasteiger partial charge in [-0.15, -0.1) is 0 Å². The number of anilines is 2. The number of piperidine rings is 1.